The number of unbranched alkanes of at least 4 members (excludes halogenated alkanes) is 2. The van der Waals surface area contributed by atoms with Crippen molar-refractivity contribution in [1.29, 1.82) is 0 Å². The van der Waals surface area contributed by atoms with Gasteiger partial charge in [0.05, 0.1) is 5.75 Å². The van der Waals surface area contributed by atoms with Gasteiger partial charge in [-0.1, -0.05) is 19.8 Å². The highest BCUT2D eigenvalue weighted by molar-refractivity contribution is 7.92. The highest BCUT2D eigenvalue weighted by Crippen LogP contribution is 2.32. The summed E-state index contributed by atoms with van der Waals surface area (Å²) in [6.45, 7) is 2.13. The van der Waals surface area contributed by atoms with Gasteiger partial charge in [0.25, 0.3) is 0 Å². The van der Waals surface area contributed by atoms with E-state index < -0.39 is 21.4 Å². The lowest BCUT2D eigenvalue weighted by molar-refractivity contribution is 0.102. The number of Topliss-reactive ketones (excluding diaryl/α,β-unsaturated/α-hetero) is 1. The SMILES string of the molecule is CCCCCS(=O)(=O)CC(=O)c1ccc2c(c1)OCO2. The summed E-state index contributed by atoms with van der Waals surface area (Å²) in [7, 11) is -3.34. The molecule has 0 bridgehead atoms. The Morgan fingerprint density at radius 2 is 1.95 bits per heavy atom. The fourth-order valence-electron chi connectivity index (χ4n) is 2.00. The minimum atomic E-state index is -3.34. The summed E-state index contributed by atoms with van der Waals surface area (Å²) >= 11 is 0. The minimum Gasteiger partial charge on any atom is -0.454 e. The average Bonchev–Trinajstić information content (AvgIpc) is 2.85. The molecule has 1 aromatic carbocycles. The van der Waals surface area contributed by atoms with Crippen LogP contribution in [0.3, 0.4) is 0 Å². The summed E-state index contributed by atoms with van der Waals surface area (Å²) in [5.41, 5.74) is 0.341. The second kappa shape index (κ2) is 6.26. The number of hydrogen-bond donors (Lipinski definition) is 0. The minimum absolute atomic E-state index is 0.0666. The molecule has 1 aliphatic heterocycles. The van der Waals surface area contributed by atoms with E-state index in [0.717, 1.165) is 12.8 Å². The molecule has 1 heterocycles. The number of fused-ring (bicyclic) bond motifs is 1. The summed E-state index contributed by atoms with van der Waals surface area (Å²) < 4.78 is 34.0. The Labute approximate surface area is 118 Å². The van der Waals surface area contributed by atoms with Gasteiger partial charge in [-0.15, -0.1) is 0 Å². The van der Waals surface area contributed by atoms with Gasteiger partial charge in [0.2, 0.25) is 6.79 Å². The zero-order valence-electron chi connectivity index (χ0n) is 11.4. The first-order valence-electron chi connectivity index (χ1n) is 6.65. The highest BCUT2D eigenvalue weighted by atomic mass is 32.2. The van der Waals surface area contributed by atoms with Crippen LogP contribution in [0.15, 0.2) is 18.2 Å². The molecule has 1 aromatic rings. The van der Waals surface area contributed by atoms with Gasteiger partial charge in [-0.25, -0.2) is 8.42 Å². The quantitative estimate of drug-likeness (QED) is 0.570. The van der Waals surface area contributed by atoms with Gasteiger partial charge in [0.15, 0.2) is 27.1 Å². The van der Waals surface area contributed by atoms with Crippen LogP contribution in [0.5, 0.6) is 11.5 Å². The first-order valence-corrected chi connectivity index (χ1v) is 8.47. The van der Waals surface area contributed by atoms with Crippen molar-refractivity contribution in [3.63, 3.8) is 0 Å². The Morgan fingerprint density at radius 1 is 1.20 bits per heavy atom. The van der Waals surface area contributed by atoms with E-state index in [2.05, 4.69) is 0 Å². The smallest absolute Gasteiger partial charge is 0.231 e. The van der Waals surface area contributed by atoms with Crippen molar-refractivity contribution in [1.82, 2.24) is 0 Å². The average molecular weight is 298 g/mol. The van der Waals surface area contributed by atoms with Gasteiger partial charge < -0.3 is 9.47 Å². The Kier molecular flexibility index (Phi) is 4.65. The number of ketones is 1. The molecule has 20 heavy (non-hydrogen) atoms. The summed E-state index contributed by atoms with van der Waals surface area (Å²) in [6, 6.07) is 4.73. The molecule has 0 amide bonds. The standard InChI is InChI=1S/C14H18O5S/c1-2-3-4-7-20(16,17)9-12(15)11-5-6-13-14(8-11)19-10-18-13/h5-6,8H,2-4,7,9-10H2,1H3. The number of carbonyl (C=O) groups excluding carboxylic acids is 1. The normalized spacial score (nSPS) is 13.4. The molecule has 5 nitrogen and oxygen atoms in total. The van der Waals surface area contributed by atoms with Crippen molar-refractivity contribution in [2.75, 3.05) is 18.3 Å². The number of hydrogen-bond acceptors (Lipinski definition) is 5. The number of benzene rings is 1. The lowest BCUT2D eigenvalue weighted by Gasteiger charge is -2.04. The molecule has 6 heteroatoms. The Hall–Kier alpha value is -1.56. The maximum absolute atomic E-state index is 12.0. The van der Waals surface area contributed by atoms with Crippen molar-refractivity contribution < 1.29 is 22.7 Å². The van der Waals surface area contributed by atoms with E-state index in [1.165, 1.54) is 6.07 Å². The van der Waals surface area contributed by atoms with Gasteiger partial charge in [-0.2, -0.15) is 0 Å². The van der Waals surface area contributed by atoms with Crippen LogP contribution in [0.25, 0.3) is 0 Å². The molecular weight excluding hydrogens is 280 g/mol. The number of carbonyl (C=O) groups is 1. The number of ether oxygens (including phenoxy) is 2. The molecule has 0 aliphatic carbocycles. The van der Waals surface area contributed by atoms with E-state index in [1.807, 2.05) is 6.92 Å². The van der Waals surface area contributed by atoms with Crippen LogP contribution in [-0.2, 0) is 9.84 Å². The molecule has 1 aliphatic rings. The van der Waals surface area contributed by atoms with Crippen LogP contribution >= 0.6 is 0 Å². The lowest BCUT2D eigenvalue weighted by Crippen LogP contribution is -2.19. The maximum Gasteiger partial charge on any atom is 0.231 e. The highest BCUT2D eigenvalue weighted by Gasteiger charge is 2.20. The van der Waals surface area contributed by atoms with Crippen LogP contribution in [0, 0.1) is 0 Å². The molecule has 0 saturated carbocycles. The number of rotatable bonds is 7. The monoisotopic (exact) mass is 298 g/mol. The predicted octanol–water partition coefficient (Wildman–Crippen LogP) is 2.20. The van der Waals surface area contributed by atoms with Gasteiger partial charge in [-0.3, -0.25) is 4.79 Å². The van der Waals surface area contributed by atoms with E-state index in [9.17, 15) is 13.2 Å². The summed E-state index contributed by atoms with van der Waals surface area (Å²) in [5, 5.41) is 0. The van der Waals surface area contributed by atoms with Crippen LogP contribution < -0.4 is 9.47 Å². The third kappa shape index (κ3) is 3.72. The van der Waals surface area contributed by atoms with Gasteiger partial charge >= 0.3 is 0 Å². The third-order valence-electron chi connectivity index (χ3n) is 3.10. The fourth-order valence-corrected chi connectivity index (χ4v) is 3.35. The molecule has 0 radical (unpaired) electrons. The Morgan fingerprint density at radius 3 is 2.70 bits per heavy atom. The zero-order valence-corrected chi connectivity index (χ0v) is 12.2. The first-order chi connectivity index (χ1) is 9.52. The second-order valence-electron chi connectivity index (χ2n) is 4.79. The van der Waals surface area contributed by atoms with E-state index in [-0.39, 0.29) is 12.5 Å². The fraction of sp³-hybridized carbons (Fsp3) is 0.500. The summed E-state index contributed by atoms with van der Waals surface area (Å²) in [5.74, 6) is 0.277. The molecule has 0 atom stereocenters. The van der Waals surface area contributed by atoms with E-state index in [4.69, 9.17) is 9.47 Å². The van der Waals surface area contributed by atoms with Crippen LogP contribution in [-0.4, -0.2) is 32.5 Å². The molecule has 0 aromatic heterocycles. The largest absolute Gasteiger partial charge is 0.454 e. The van der Waals surface area contributed by atoms with Crippen LogP contribution in [0.2, 0.25) is 0 Å². The second-order valence-corrected chi connectivity index (χ2v) is 6.97. The van der Waals surface area contributed by atoms with Gasteiger partial charge in [-0.05, 0) is 24.6 Å². The Bertz CT molecular complexity index is 592. The first kappa shape index (κ1) is 14.8. The van der Waals surface area contributed by atoms with Crippen molar-refractivity contribution in [3.05, 3.63) is 23.8 Å². The summed E-state index contributed by atoms with van der Waals surface area (Å²) in [4.78, 5) is 12.0. The van der Waals surface area contributed by atoms with E-state index in [1.54, 1.807) is 12.1 Å². The molecular formula is C14H18O5S. The molecule has 0 N–H and O–H groups in total. The van der Waals surface area contributed by atoms with Gasteiger partial charge in [0.1, 0.15) is 5.75 Å². The Balaban J connectivity index is 2.01. The van der Waals surface area contributed by atoms with Gasteiger partial charge in [0, 0.05) is 5.56 Å². The molecule has 2 rings (SSSR count). The van der Waals surface area contributed by atoms with Crippen molar-refractivity contribution >= 4 is 15.6 Å². The zero-order chi connectivity index (χ0) is 14.6. The third-order valence-corrected chi connectivity index (χ3v) is 4.72. The predicted molar refractivity (Wildman–Crippen MR) is 75.1 cm³/mol. The molecule has 0 spiro atoms. The van der Waals surface area contributed by atoms with Crippen molar-refractivity contribution in [2.24, 2.45) is 0 Å². The molecule has 110 valence electrons. The van der Waals surface area contributed by atoms with E-state index in [0.29, 0.717) is 23.5 Å². The summed E-state index contributed by atoms with van der Waals surface area (Å²) in [6.07, 6.45) is 2.41. The maximum atomic E-state index is 12.0. The topological polar surface area (TPSA) is 69.7 Å². The lowest BCUT2D eigenvalue weighted by atomic mass is 10.1. The van der Waals surface area contributed by atoms with Crippen LogP contribution in [0.4, 0.5) is 0 Å². The molecule has 0 saturated heterocycles. The van der Waals surface area contributed by atoms with Crippen LogP contribution in [0.1, 0.15) is 36.5 Å². The number of sulfone groups is 1. The molecule has 0 unspecified atom stereocenters. The van der Waals surface area contributed by atoms with Crippen molar-refractivity contribution in [2.45, 2.75) is 26.2 Å². The molecule has 0 fully saturated rings. The van der Waals surface area contributed by atoms with E-state index >= 15 is 0 Å². The van der Waals surface area contributed by atoms with Crippen molar-refractivity contribution in [3.8, 4) is 11.5 Å².